The molecule has 6 heteroatoms. The van der Waals surface area contributed by atoms with Crippen molar-refractivity contribution in [2.24, 2.45) is 0 Å². The van der Waals surface area contributed by atoms with E-state index in [4.69, 9.17) is 4.74 Å². The van der Waals surface area contributed by atoms with Crippen molar-refractivity contribution in [3.63, 3.8) is 0 Å². The van der Waals surface area contributed by atoms with Gasteiger partial charge in [0.25, 0.3) is 5.91 Å². The van der Waals surface area contributed by atoms with E-state index in [0.29, 0.717) is 34.8 Å². The molecule has 0 bridgehead atoms. The molecule has 0 saturated carbocycles. The predicted octanol–water partition coefficient (Wildman–Crippen LogP) is 3.94. The zero-order valence-corrected chi connectivity index (χ0v) is 17.9. The van der Waals surface area contributed by atoms with Gasteiger partial charge in [-0.3, -0.25) is 14.4 Å². The normalized spacial score (nSPS) is 11.3. The summed E-state index contributed by atoms with van der Waals surface area (Å²) in [5.74, 6) is 0.144. The molecule has 1 aromatic carbocycles. The predicted molar refractivity (Wildman–Crippen MR) is 114 cm³/mol. The minimum atomic E-state index is -0.226. The van der Waals surface area contributed by atoms with E-state index in [1.807, 2.05) is 32.9 Å². The van der Waals surface area contributed by atoms with E-state index in [0.717, 1.165) is 16.7 Å². The first-order chi connectivity index (χ1) is 13.6. The molecule has 0 radical (unpaired) electrons. The molecule has 0 aliphatic rings. The highest BCUT2D eigenvalue weighted by atomic mass is 16.5. The molecule has 0 spiro atoms. The number of nitrogens with one attached hydrogen (secondary N) is 2. The van der Waals surface area contributed by atoms with E-state index in [1.54, 1.807) is 26.0 Å². The Bertz CT molecular complexity index is 983. The van der Waals surface area contributed by atoms with Crippen LogP contribution >= 0.6 is 0 Å². The van der Waals surface area contributed by atoms with Crippen molar-refractivity contribution >= 4 is 23.0 Å². The van der Waals surface area contributed by atoms with Gasteiger partial charge in [0.1, 0.15) is 5.75 Å². The Hall–Kier alpha value is -3.15. The SMILES string of the molecule is CCNC(=O)c1c(C)[nH]c(C(=O)COc2ccc(/C(C)=C\C(C)=O)c(C)c2)c1C. The second kappa shape index (κ2) is 9.37. The van der Waals surface area contributed by atoms with Crippen LogP contribution in [0, 0.1) is 20.8 Å². The number of carbonyl (C=O) groups excluding carboxylic acids is 3. The van der Waals surface area contributed by atoms with Gasteiger partial charge in [0.15, 0.2) is 12.4 Å². The van der Waals surface area contributed by atoms with Gasteiger partial charge in [0.05, 0.1) is 11.3 Å². The molecule has 1 heterocycles. The van der Waals surface area contributed by atoms with Crippen LogP contribution < -0.4 is 10.1 Å². The number of carbonyl (C=O) groups is 3. The summed E-state index contributed by atoms with van der Waals surface area (Å²) in [5.41, 5.74) is 4.97. The summed E-state index contributed by atoms with van der Waals surface area (Å²) in [5, 5.41) is 2.76. The molecular formula is C23H28N2O4. The number of hydrogen-bond acceptors (Lipinski definition) is 4. The number of Topliss-reactive ketones (excluding diaryl/α,β-unsaturated/α-hetero) is 1. The first-order valence-electron chi connectivity index (χ1n) is 9.58. The van der Waals surface area contributed by atoms with Gasteiger partial charge in [-0.1, -0.05) is 6.07 Å². The third-order valence-electron chi connectivity index (χ3n) is 4.69. The van der Waals surface area contributed by atoms with E-state index in [-0.39, 0.29) is 24.1 Å². The highest BCUT2D eigenvalue weighted by molar-refractivity contribution is 6.03. The summed E-state index contributed by atoms with van der Waals surface area (Å²) in [6, 6.07) is 5.49. The van der Waals surface area contributed by atoms with Gasteiger partial charge in [-0.25, -0.2) is 0 Å². The number of H-pyrrole nitrogens is 1. The summed E-state index contributed by atoms with van der Waals surface area (Å²) in [7, 11) is 0. The molecule has 29 heavy (non-hydrogen) atoms. The molecule has 154 valence electrons. The van der Waals surface area contributed by atoms with Crippen LogP contribution in [0.1, 0.15) is 64.0 Å². The van der Waals surface area contributed by atoms with Crippen molar-refractivity contribution < 1.29 is 19.1 Å². The molecule has 1 aromatic heterocycles. The number of allylic oxidation sites excluding steroid dienone is 2. The van der Waals surface area contributed by atoms with Gasteiger partial charge in [0, 0.05) is 12.2 Å². The third kappa shape index (κ3) is 5.22. The molecule has 0 atom stereocenters. The van der Waals surface area contributed by atoms with Crippen LogP contribution in [0.15, 0.2) is 24.3 Å². The molecule has 0 fully saturated rings. The molecule has 2 rings (SSSR count). The number of ketones is 2. The van der Waals surface area contributed by atoms with Crippen LogP contribution in [0.3, 0.4) is 0 Å². The van der Waals surface area contributed by atoms with Crippen molar-refractivity contribution in [2.75, 3.05) is 13.2 Å². The van der Waals surface area contributed by atoms with Gasteiger partial charge in [-0.15, -0.1) is 0 Å². The Balaban J connectivity index is 2.14. The Morgan fingerprint density at radius 1 is 1.14 bits per heavy atom. The van der Waals surface area contributed by atoms with E-state index < -0.39 is 0 Å². The molecule has 1 amide bonds. The number of hydrogen-bond donors (Lipinski definition) is 2. The third-order valence-corrected chi connectivity index (χ3v) is 4.69. The average Bonchev–Trinajstić information content (AvgIpc) is 2.93. The van der Waals surface area contributed by atoms with Crippen molar-refractivity contribution in [1.29, 1.82) is 0 Å². The molecule has 0 aliphatic heterocycles. The fourth-order valence-corrected chi connectivity index (χ4v) is 3.39. The van der Waals surface area contributed by atoms with E-state index >= 15 is 0 Å². The molecule has 2 N–H and O–H groups in total. The van der Waals surface area contributed by atoms with Gasteiger partial charge >= 0.3 is 0 Å². The van der Waals surface area contributed by atoms with Crippen molar-refractivity contribution in [2.45, 2.75) is 41.5 Å². The summed E-state index contributed by atoms with van der Waals surface area (Å²) in [6.45, 7) is 11.1. The topological polar surface area (TPSA) is 88.3 Å². The zero-order chi connectivity index (χ0) is 21.7. The molecule has 0 unspecified atom stereocenters. The van der Waals surface area contributed by atoms with E-state index in [9.17, 15) is 14.4 Å². The standard InChI is InChI=1S/C23H28N2O4/c1-7-24-23(28)21-16(5)22(25-17(21)6)20(27)12-29-18-8-9-19(14(3)11-18)13(2)10-15(4)26/h8-11,25H,7,12H2,1-6H3,(H,24,28)/b13-10-. The number of aromatic amines is 1. The van der Waals surface area contributed by atoms with Crippen LogP contribution in [-0.2, 0) is 4.79 Å². The van der Waals surface area contributed by atoms with Crippen LogP contribution in [0.2, 0.25) is 0 Å². The summed E-state index contributed by atoms with van der Waals surface area (Å²) >= 11 is 0. The highest BCUT2D eigenvalue weighted by Gasteiger charge is 2.21. The number of benzene rings is 1. The van der Waals surface area contributed by atoms with Crippen molar-refractivity contribution in [1.82, 2.24) is 10.3 Å². The molecular weight excluding hydrogens is 368 g/mol. The highest BCUT2D eigenvalue weighted by Crippen LogP contribution is 2.24. The number of amides is 1. The number of aryl methyl sites for hydroxylation is 2. The zero-order valence-electron chi connectivity index (χ0n) is 17.9. The number of rotatable bonds is 8. The van der Waals surface area contributed by atoms with Gasteiger partial charge in [0.2, 0.25) is 5.78 Å². The monoisotopic (exact) mass is 396 g/mol. The number of ether oxygens (including phenoxy) is 1. The lowest BCUT2D eigenvalue weighted by Crippen LogP contribution is -2.23. The smallest absolute Gasteiger partial charge is 0.253 e. The van der Waals surface area contributed by atoms with Crippen LogP contribution in [0.5, 0.6) is 5.75 Å². The Morgan fingerprint density at radius 3 is 2.41 bits per heavy atom. The maximum atomic E-state index is 12.6. The summed E-state index contributed by atoms with van der Waals surface area (Å²) < 4.78 is 5.67. The van der Waals surface area contributed by atoms with Crippen LogP contribution in [0.25, 0.3) is 5.57 Å². The fraction of sp³-hybridized carbons (Fsp3) is 0.348. The van der Waals surface area contributed by atoms with E-state index in [1.165, 1.54) is 6.92 Å². The minimum absolute atomic E-state index is 0.00331. The van der Waals surface area contributed by atoms with Gasteiger partial charge < -0.3 is 15.0 Å². The first kappa shape index (κ1) is 22.1. The number of aromatic nitrogens is 1. The van der Waals surface area contributed by atoms with Crippen molar-refractivity contribution in [3.05, 3.63) is 57.9 Å². The van der Waals surface area contributed by atoms with E-state index in [2.05, 4.69) is 10.3 Å². The Labute approximate surface area is 171 Å². The quantitative estimate of drug-likeness (QED) is 0.522. The molecule has 6 nitrogen and oxygen atoms in total. The lowest BCUT2D eigenvalue weighted by molar-refractivity contribution is -0.112. The second-order valence-electron chi connectivity index (χ2n) is 7.11. The Morgan fingerprint density at radius 2 is 1.83 bits per heavy atom. The molecule has 0 aliphatic carbocycles. The lowest BCUT2D eigenvalue weighted by atomic mass is 10.0. The minimum Gasteiger partial charge on any atom is -0.485 e. The fourth-order valence-electron chi connectivity index (χ4n) is 3.39. The van der Waals surface area contributed by atoms with Crippen molar-refractivity contribution in [3.8, 4) is 5.75 Å². The lowest BCUT2D eigenvalue weighted by Gasteiger charge is -2.10. The maximum Gasteiger partial charge on any atom is 0.253 e. The van der Waals surface area contributed by atoms with Crippen LogP contribution in [0.4, 0.5) is 0 Å². The Kier molecular flexibility index (Phi) is 7.15. The van der Waals surface area contributed by atoms with Crippen LogP contribution in [-0.4, -0.2) is 35.6 Å². The van der Waals surface area contributed by atoms with Gasteiger partial charge in [-0.2, -0.15) is 0 Å². The molecule has 0 saturated heterocycles. The largest absolute Gasteiger partial charge is 0.485 e. The summed E-state index contributed by atoms with van der Waals surface area (Å²) in [4.78, 5) is 39.1. The summed E-state index contributed by atoms with van der Waals surface area (Å²) in [6.07, 6.45) is 1.59. The first-order valence-corrected chi connectivity index (χ1v) is 9.58. The maximum absolute atomic E-state index is 12.6. The van der Waals surface area contributed by atoms with Gasteiger partial charge in [-0.05, 0) is 82.0 Å². The molecule has 2 aromatic rings. The average molecular weight is 396 g/mol. The second-order valence-corrected chi connectivity index (χ2v) is 7.11.